The van der Waals surface area contributed by atoms with Gasteiger partial charge in [-0.2, -0.15) is 0 Å². The van der Waals surface area contributed by atoms with Gasteiger partial charge in [-0.05, 0) is 43.1 Å². The number of β-amino-alcohol motifs (C(OH)–C–C–N with tert-alkyl or cyclic N) is 1. The van der Waals surface area contributed by atoms with Gasteiger partial charge in [-0.15, -0.1) is 0 Å². The number of aliphatic hydroxyl groups is 2. The molecule has 0 aromatic carbocycles. The number of hydrogen-bond acceptors (Lipinski definition) is 4. The molecule has 2 rings (SSSR count). The maximum atomic E-state index is 10.3. The monoisotopic (exact) mass is 287 g/mol. The molecular weight excluding hydrogens is 266 g/mol. The van der Waals surface area contributed by atoms with Crippen LogP contribution in [-0.2, 0) is 6.54 Å². The third-order valence-corrected chi connectivity index (χ3v) is 4.34. The Morgan fingerprint density at radius 1 is 1.53 bits per heavy atom. The largest absolute Gasteiger partial charge is 0.448 e. The first-order chi connectivity index (χ1) is 9.09. The lowest BCUT2D eigenvalue weighted by molar-refractivity contribution is -0.0812. The van der Waals surface area contributed by atoms with Crippen LogP contribution in [-0.4, -0.2) is 40.9 Å². The van der Waals surface area contributed by atoms with Crippen LogP contribution in [0.25, 0.3) is 0 Å². The fraction of sp³-hybridized carbons (Fsp3) is 0.714. The zero-order chi connectivity index (χ0) is 13.9. The van der Waals surface area contributed by atoms with Crippen molar-refractivity contribution in [2.24, 2.45) is 5.41 Å². The molecule has 0 spiro atoms. The number of rotatable bonds is 5. The molecule has 2 atom stereocenters. The first kappa shape index (κ1) is 14.9. The molecule has 0 radical (unpaired) electrons. The fourth-order valence-corrected chi connectivity index (χ4v) is 3.09. The van der Waals surface area contributed by atoms with Gasteiger partial charge in [0.2, 0.25) is 0 Å². The van der Waals surface area contributed by atoms with Crippen molar-refractivity contribution >= 4 is 11.6 Å². The Morgan fingerprint density at radius 3 is 2.84 bits per heavy atom. The number of aliphatic hydroxyl groups excluding tert-OH is 2. The molecule has 0 amide bonds. The highest BCUT2D eigenvalue weighted by Gasteiger charge is 2.41. The van der Waals surface area contributed by atoms with Crippen LogP contribution in [0.1, 0.15) is 31.9 Å². The summed E-state index contributed by atoms with van der Waals surface area (Å²) in [6.07, 6.45) is 2.17. The smallest absolute Gasteiger partial charge is 0.193 e. The average Bonchev–Trinajstić information content (AvgIpc) is 2.79. The summed E-state index contributed by atoms with van der Waals surface area (Å²) in [4.78, 5) is 2.14. The summed E-state index contributed by atoms with van der Waals surface area (Å²) in [5, 5.41) is 20.3. The minimum atomic E-state index is -0.489. The summed E-state index contributed by atoms with van der Waals surface area (Å²) < 4.78 is 5.34. The molecule has 0 unspecified atom stereocenters. The Morgan fingerprint density at radius 2 is 2.32 bits per heavy atom. The van der Waals surface area contributed by atoms with Gasteiger partial charge in [0.1, 0.15) is 5.76 Å². The van der Waals surface area contributed by atoms with Crippen molar-refractivity contribution in [3.8, 4) is 0 Å². The van der Waals surface area contributed by atoms with E-state index in [4.69, 9.17) is 16.0 Å². The lowest BCUT2D eigenvalue weighted by Crippen LogP contribution is -2.52. The second-order valence-electron chi connectivity index (χ2n) is 5.48. The van der Waals surface area contributed by atoms with Crippen LogP contribution >= 0.6 is 11.6 Å². The quantitative estimate of drug-likeness (QED) is 0.872. The molecule has 4 nitrogen and oxygen atoms in total. The van der Waals surface area contributed by atoms with Crippen LogP contribution in [0.4, 0.5) is 0 Å². The zero-order valence-corrected chi connectivity index (χ0v) is 12.1. The molecule has 1 aliphatic rings. The average molecular weight is 288 g/mol. The van der Waals surface area contributed by atoms with Crippen molar-refractivity contribution in [2.75, 3.05) is 19.7 Å². The van der Waals surface area contributed by atoms with Crippen molar-refractivity contribution in [3.05, 3.63) is 23.1 Å². The molecule has 19 heavy (non-hydrogen) atoms. The van der Waals surface area contributed by atoms with Crippen LogP contribution in [0.3, 0.4) is 0 Å². The summed E-state index contributed by atoms with van der Waals surface area (Å²) >= 11 is 5.75. The molecule has 0 bridgehead atoms. The van der Waals surface area contributed by atoms with Gasteiger partial charge in [0.25, 0.3) is 0 Å². The number of likely N-dealkylation sites (tertiary alicyclic amines) is 1. The van der Waals surface area contributed by atoms with Gasteiger partial charge in [0.05, 0.1) is 19.3 Å². The Kier molecular flexibility index (Phi) is 4.90. The summed E-state index contributed by atoms with van der Waals surface area (Å²) in [5.41, 5.74) is -0.327. The molecule has 1 aromatic heterocycles. The van der Waals surface area contributed by atoms with Gasteiger partial charge < -0.3 is 14.6 Å². The summed E-state index contributed by atoms with van der Waals surface area (Å²) in [5.74, 6) is 0.809. The van der Waals surface area contributed by atoms with Crippen LogP contribution in [0.2, 0.25) is 5.22 Å². The molecule has 0 aliphatic carbocycles. The minimum absolute atomic E-state index is 0.0580. The normalized spacial score (nSPS) is 28.7. The molecule has 1 saturated heterocycles. The molecule has 2 heterocycles. The Labute approximate surface area is 119 Å². The van der Waals surface area contributed by atoms with Crippen LogP contribution in [0.5, 0.6) is 0 Å². The maximum Gasteiger partial charge on any atom is 0.193 e. The van der Waals surface area contributed by atoms with Gasteiger partial charge in [0, 0.05) is 12.0 Å². The van der Waals surface area contributed by atoms with Crippen molar-refractivity contribution in [2.45, 2.75) is 38.8 Å². The molecule has 2 N–H and O–H groups in total. The molecule has 5 heteroatoms. The summed E-state index contributed by atoms with van der Waals surface area (Å²) in [6, 6.07) is 3.58. The van der Waals surface area contributed by atoms with E-state index in [1.165, 1.54) is 0 Å². The van der Waals surface area contributed by atoms with E-state index in [1.54, 1.807) is 6.07 Å². The maximum absolute atomic E-state index is 10.3. The molecule has 0 saturated carbocycles. The van der Waals surface area contributed by atoms with E-state index in [9.17, 15) is 10.2 Å². The molecule has 1 aromatic rings. The Bertz CT molecular complexity index is 409. The van der Waals surface area contributed by atoms with Crippen molar-refractivity contribution < 1.29 is 14.6 Å². The first-order valence-corrected chi connectivity index (χ1v) is 7.23. The van der Waals surface area contributed by atoms with E-state index in [2.05, 4.69) is 11.8 Å². The predicted molar refractivity (Wildman–Crippen MR) is 74.0 cm³/mol. The Hall–Kier alpha value is -0.550. The third-order valence-electron chi connectivity index (χ3n) is 4.14. The highest BCUT2D eigenvalue weighted by molar-refractivity contribution is 6.28. The SMILES string of the molecule is CCC[C@]1(CO)CCN(Cc2ccc(Cl)o2)C[C@H]1O. The molecule has 108 valence electrons. The zero-order valence-electron chi connectivity index (χ0n) is 11.3. The molecule has 1 fully saturated rings. The van der Waals surface area contributed by atoms with Crippen molar-refractivity contribution in [3.63, 3.8) is 0 Å². The van der Waals surface area contributed by atoms with E-state index in [0.717, 1.165) is 31.6 Å². The number of nitrogens with zero attached hydrogens (tertiary/aromatic N) is 1. The van der Waals surface area contributed by atoms with Gasteiger partial charge >= 0.3 is 0 Å². The van der Waals surface area contributed by atoms with Gasteiger partial charge in [0.15, 0.2) is 5.22 Å². The van der Waals surface area contributed by atoms with Crippen molar-refractivity contribution in [1.29, 1.82) is 0 Å². The van der Waals surface area contributed by atoms with E-state index in [-0.39, 0.29) is 12.0 Å². The first-order valence-electron chi connectivity index (χ1n) is 6.85. The second kappa shape index (κ2) is 6.27. The van der Waals surface area contributed by atoms with Gasteiger partial charge in [-0.3, -0.25) is 4.90 Å². The fourth-order valence-electron chi connectivity index (χ4n) is 2.93. The summed E-state index contributed by atoms with van der Waals surface area (Å²) in [6.45, 7) is 4.22. The standard InChI is InChI=1S/C14H22ClNO3/c1-2-5-14(10-17)6-7-16(9-12(14)18)8-11-3-4-13(15)19-11/h3-4,12,17-18H,2,5-10H2,1H3/t12-,14-/m1/s1. The van der Waals surface area contributed by atoms with Crippen LogP contribution in [0.15, 0.2) is 16.5 Å². The third kappa shape index (κ3) is 3.31. The van der Waals surface area contributed by atoms with Gasteiger partial charge in [-0.1, -0.05) is 13.3 Å². The number of piperidine rings is 1. The Balaban J connectivity index is 1.95. The van der Waals surface area contributed by atoms with Crippen molar-refractivity contribution in [1.82, 2.24) is 4.90 Å². The lowest BCUT2D eigenvalue weighted by atomic mass is 9.73. The number of furan rings is 1. The van der Waals surface area contributed by atoms with E-state index < -0.39 is 6.10 Å². The molecular formula is C14H22ClNO3. The minimum Gasteiger partial charge on any atom is -0.448 e. The van der Waals surface area contributed by atoms with Crippen LogP contribution < -0.4 is 0 Å². The summed E-state index contributed by atoms with van der Waals surface area (Å²) in [7, 11) is 0. The van der Waals surface area contributed by atoms with Gasteiger partial charge in [-0.25, -0.2) is 0 Å². The second-order valence-corrected chi connectivity index (χ2v) is 5.85. The van der Waals surface area contributed by atoms with E-state index >= 15 is 0 Å². The van der Waals surface area contributed by atoms with Crippen LogP contribution in [0, 0.1) is 5.41 Å². The van der Waals surface area contributed by atoms with E-state index in [1.807, 2.05) is 6.07 Å². The molecule has 1 aliphatic heterocycles. The number of halogens is 1. The predicted octanol–water partition coefficient (Wildman–Crippen LogP) is 2.28. The number of hydrogen-bond donors (Lipinski definition) is 2. The topological polar surface area (TPSA) is 56.8 Å². The van der Waals surface area contributed by atoms with E-state index in [0.29, 0.717) is 18.3 Å². The highest BCUT2D eigenvalue weighted by atomic mass is 35.5. The lowest BCUT2D eigenvalue weighted by Gasteiger charge is -2.44. The highest BCUT2D eigenvalue weighted by Crippen LogP contribution is 2.36.